The monoisotopic (exact) mass is 347 g/mol. The van der Waals surface area contributed by atoms with Gasteiger partial charge in [-0.3, -0.25) is 9.69 Å². The molecule has 2 N–H and O–H groups in total. The Morgan fingerprint density at radius 1 is 1.24 bits per heavy atom. The Kier molecular flexibility index (Phi) is 8.38. The molecule has 0 bridgehead atoms. The quantitative estimate of drug-likeness (QED) is 0.746. The normalized spacial score (nSPS) is 17.9. The molecule has 1 heterocycles. The van der Waals surface area contributed by atoms with Crippen molar-refractivity contribution < 1.29 is 9.53 Å². The highest BCUT2D eigenvalue weighted by molar-refractivity contribution is 5.94. The van der Waals surface area contributed by atoms with Crippen LogP contribution in [-0.4, -0.2) is 61.1 Å². The minimum Gasteiger partial charge on any atom is -0.374 e. The molecule has 25 heavy (non-hydrogen) atoms. The fourth-order valence-electron chi connectivity index (χ4n) is 3.36. The Morgan fingerprint density at radius 3 is 2.52 bits per heavy atom. The highest BCUT2D eigenvalue weighted by Gasteiger charge is 2.24. The lowest BCUT2D eigenvalue weighted by molar-refractivity contribution is -0.0236. The third-order valence-electron chi connectivity index (χ3n) is 4.60. The maximum atomic E-state index is 12.7. The number of hydrogen-bond acceptors (Lipinski definition) is 4. The summed E-state index contributed by atoms with van der Waals surface area (Å²) in [5.74, 6) is 0.0934. The third-order valence-corrected chi connectivity index (χ3v) is 4.60. The van der Waals surface area contributed by atoms with E-state index in [4.69, 9.17) is 10.5 Å². The molecule has 5 heteroatoms. The summed E-state index contributed by atoms with van der Waals surface area (Å²) >= 11 is 0. The predicted molar refractivity (Wildman–Crippen MR) is 102 cm³/mol. The van der Waals surface area contributed by atoms with Gasteiger partial charge in [0.15, 0.2) is 0 Å². The topological polar surface area (TPSA) is 58.8 Å². The molecular weight excluding hydrogens is 314 g/mol. The van der Waals surface area contributed by atoms with Gasteiger partial charge in [-0.05, 0) is 56.6 Å². The standard InChI is InChI=1S/C20H33N3O2/c1-3-11-22(12-4-2)15-17-5-7-18(8-6-17)20(24)23-13-14-25-19(16-23)9-10-21/h5-8,19H,3-4,9-16,21H2,1-2H3/t19-/m0/s1. The molecule has 1 amide bonds. The summed E-state index contributed by atoms with van der Waals surface area (Å²) in [5, 5.41) is 0. The number of carbonyl (C=O) groups excluding carboxylic acids is 1. The van der Waals surface area contributed by atoms with Crippen molar-refractivity contribution in [2.24, 2.45) is 5.73 Å². The Hall–Kier alpha value is -1.43. The fraction of sp³-hybridized carbons (Fsp3) is 0.650. The van der Waals surface area contributed by atoms with Crippen molar-refractivity contribution in [2.75, 3.05) is 39.3 Å². The average Bonchev–Trinajstić information content (AvgIpc) is 2.63. The van der Waals surface area contributed by atoms with Crippen molar-refractivity contribution in [2.45, 2.75) is 45.8 Å². The van der Waals surface area contributed by atoms with Gasteiger partial charge in [-0.25, -0.2) is 0 Å². The van der Waals surface area contributed by atoms with Crippen LogP contribution in [0.5, 0.6) is 0 Å². The van der Waals surface area contributed by atoms with Crippen LogP contribution in [-0.2, 0) is 11.3 Å². The number of rotatable bonds is 9. The van der Waals surface area contributed by atoms with Gasteiger partial charge in [-0.15, -0.1) is 0 Å². The molecule has 5 nitrogen and oxygen atoms in total. The zero-order valence-corrected chi connectivity index (χ0v) is 15.7. The van der Waals surface area contributed by atoms with Crippen molar-refractivity contribution >= 4 is 5.91 Å². The molecular formula is C20H33N3O2. The van der Waals surface area contributed by atoms with E-state index in [1.807, 2.05) is 17.0 Å². The molecule has 1 aliphatic heterocycles. The Bertz CT molecular complexity index is 510. The molecule has 1 fully saturated rings. The minimum absolute atomic E-state index is 0.0682. The highest BCUT2D eigenvalue weighted by atomic mass is 16.5. The van der Waals surface area contributed by atoms with Crippen molar-refractivity contribution in [3.8, 4) is 0 Å². The number of benzene rings is 1. The molecule has 1 saturated heterocycles. The number of amides is 1. The van der Waals surface area contributed by atoms with E-state index in [0.29, 0.717) is 26.2 Å². The number of morpholine rings is 1. The molecule has 1 atom stereocenters. The van der Waals surface area contributed by atoms with Gasteiger partial charge < -0.3 is 15.4 Å². The van der Waals surface area contributed by atoms with Gasteiger partial charge >= 0.3 is 0 Å². The largest absolute Gasteiger partial charge is 0.374 e. The average molecular weight is 348 g/mol. The maximum absolute atomic E-state index is 12.7. The van der Waals surface area contributed by atoms with Crippen LogP contribution in [0.3, 0.4) is 0 Å². The van der Waals surface area contributed by atoms with Crippen LogP contribution in [0.2, 0.25) is 0 Å². The van der Waals surface area contributed by atoms with Crippen molar-refractivity contribution in [1.29, 1.82) is 0 Å². The van der Waals surface area contributed by atoms with E-state index in [1.54, 1.807) is 0 Å². The molecule has 0 spiro atoms. The highest BCUT2D eigenvalue weighted by Crippen LogP contribution is 2.14. The smallest absolute Gasteiger partial charge is 0.254 e. The van der Waals surface area contributed by atoms with E-state index < -0.39 is 0 Å². The second-order valence-electron chi connectivity index (χ2n) is 6.79. The Balaban J connectivity index is 1.95. The molecule has 1 aromatic carbocycles. The summed E-state index contributed by atoms with van der Waals surface area (Å²) in [7, 11) is 0. The summed E-state index contributed by atoms with van der Waals surface area (Å²) in [5.41, 5.74) is 7.63. The summed E-state index contributed by atoms with van der Waals surface area (Å²) in [4.78, 5) is 17.1. The van der Waals surface area contributed by atoms with Crippen molar-refractivity contribution in [3.63, 3.8) is 0 Å². The number of hydrogen-bond donors (Lipinski definition) is 1. The SMILES string of the molecule is CCCN(CCC)Cc1ccc(C(=O)N2CCO[C@@H](CCN)C2)cc1. The van der Waals surface area contributed by atoms with E-state index in [-0.39, 0.29) is 12.0 Å². The van der Waals surface area contributed by atoms with Crippen LogP contribution in [0.25, 0.3) is 0 Å². The van der Waals surface area contributed by atoms with Crippen LogP contribution in [0.4, 0.5) is 0 Å². The minimum atomic E-state index is 0.0682. The van der Waals surface area contributed by atoms with Crippen LogP contribution in [0.1, 0.15) is 49.0 Å². The van der Waals surface area contributed by atoms with E-state index in [0.717, 1.165) is 44.5 Å². The van der Waals surface area contributed by atoms with Gasteiger partial charge in [0.05, 0.1) is 12.7 Å². The number of nitrogens with zero attached hydrogens (tertiary/aromatic N) is 2. The van der Waals surface area contributed by atoms with E-state index >= 15 is 0 Å². The van der Waals surface area contributed by atoms with Gasteiger partial charge in [0.25, 0.3) is 5.91 Å². The van der Waals surface area contributed by atoms with E-state index in [9.17, 15) is 4.79 Å². The van der Waals surface area contributed by atoms with Gasteiger partial charge in [0.1, 0.15) is 0 Å². The lowest BCUT2D eigenvalue weighted by atomic mass is 10.1. The third kappa shape index (κ3) is 6.10. The number of carbonyl (C=O) groups is 1. The second-order valence-corrected chi connectivity index (χ2v) is 6.79. The fourth-order valence-corrected chi connectivity index (χ4v) is 3.36. The van der Waals surface area contributed by atoms with Crippen molar-refractivity contribution in [3.05, 3.63) is 35.4 Å². The first-order chi connectivity index (χ1) is 12.2. The van der Waals surface area contributed by atoms with Crippen LogP contribution in [0.15, 0.2) is 24.3 Å². The molecule has 1 aromatic rings. The van der Waals surface area contributed by atoms with Gasteiger partial charge in [0.2, 0.25) is 0 Å². The Labute approximate surface area is 152 Å². The summed E-state index contributed by atoms with van der Waals surface area (Å²) in [6.07, 6.45) is 3.20. The zero-order valence-electron chi connectivity index (χ0n) is 15.7. The van der Waals surface area contributed by atoms with Gasteiger partial charge in [0, 0.05) is 25.2 Å². The second kappa shape index (κ2) is 10.5. The molecule has 140 valence electrons. The lowest BCUT2D eigenvalue weighted by Crippen LogP contribution is -2.46. The van der Waals surface area contributed by atoms with E-state index in [2.05, 4.69) is 30.9 Å². The molecule has 0 radical (unpaired) electrons. The molecule has 0 aliphatic carbocycles. The lowest BCUT2D eigenvalue weighted by Gasteiger charge is -2.33. The van der Waals surface area contributed by atoms with Gasteiger partial charge in [-0.1, -0.05) is 26.0 Å². The first kappa shape index (κ1) is 19.9. The summed E-state index contributed by atoms with van der Waals surface area (Å²) < 4.78 is 5.66. The maximum Gasteiger partial charge on any atom is 0.254 e. The van der Waals surface area contributed by atoms with Crippen LogP contribution < -0.4 is 5.73 Å². The summed E-state index contributed by atoms with van der Waals surface area (Å²) in [6, 6.07) is 8.09. The summed E-state index contributed by atoms with van der Waals surface area (Å²) in [6.45, 7) is 10.1. The predicted octanol–water partition coefficient (Wildman–Crippen LogP) is 2.50. The molecule has 2 rings (SSSR count). The van der Waals surface area contributed by atoms with E-state index in [1.165, 1.54) is 5.56 Å². The van der Waals surface area contributed by atoms with Crippen LogP contribution in [0, 0.1) is 0 Å². The Morgan fingerprint density at radius 2 is 1.92 bits per heavy atom. The van der Waals surface area contributed by atoms with Crippen molar-refractivity contribution in [1.82, 2.24) is 9.80 Å². The molecule has 0 unspecified atom stereocenters. The first-order valence-electron chi connectivity index (χ1n) is 9.60. The number of nitrogens with two attached hydrogens (primary N) is 1. The molecule has 0 aromatic heterocycles. The number of ether oxygens (including phenoxy) is 1. The van der Waals surface area contributed by atoms with Crippen LogP contribution >= 0.6 is 0 Å². The van der Waals surface area contributed by atoms with Gasteiger partial charge in [-0.2, -0.15) is 0 Å². The zero-order chi connectivity index (χ0) is 18.1. The molecule has 0 saturated carbocycles. The first-order valence-corrected chi connectivity index (χ1v) is 9.60. The molecule has 1 aliphatic rings.